The fourth-order valence-corrected chi connectivity index (χ4v) is 5.95. The van der Waals surface area contributed by atoms with E-state index in [0.717, 1.165) is 31.2 Å². The summed E-state index contributed by atoms with van der Waals surface area (Å²) in [6.45, 7) is 0. The lowest BCUT2D eigenvalue weighted by molar-refractivity contribution is 0.0938. The summed E-state index contributed by atoms with van der Waals surface area (Å²) in [4.78, 5) is 31.7. The summed E-state index contributed by atoms with van der Waals surface area (Å²) in [6, 6.07) is 18.1. The van der Waals surface area contributed by atoms with Gasteiger partial charge < -0.3 is 14.8 Å². The predicted octanol–water partition coefficient (Wildman–Crippen LogP) is 6.02. The van der Waals surface area contributed by atoms with Gasteiger partial charge in [0.25, 0.3) is 11.5 Å². The molecule has 0 atom stereocenters. The van der Waals surface area contributed by atoms with E-state index >= 15 is 0 Å². The molecule has 1 aliphatic carbocycles. The number of thioether (sulfide) groups is 1. The van der Waals surface area contributed by atoms with Crippen molar-refractivity contribution in [3.8, 4) is 17.2 Å². The maximum absolute atomic E-state index is 13.9. The molecule has 1 saturated carbocycles. The zero-order chi connectivity index (χ0) is 26.6. The van der Waals surface area contributed by atoms with Crippen LogP contribution in [-0.2, 0) is 5.75 Å². The molecule has 0 saturated heterocycles. The summed E-state index contributed by atoms with van der Waals surface area (Å²) in [5.41, 5.74) is 2.17. The van der Waals surface area contributed by atoms with Gasteiger partial charge in [0.05, 0.1) is 30.8 Å². The Labute approximate surface area is 230 Å². The number of rotatable bonds is 8. The SMILES string of the molecule is COc1cc(OC)cc(-n2c(SCc3ccccc3Cl)nc3cc(C(=O)NC4CCCC4)ccc3c2=O)c1. The molecule has 5 rings (SSSR count). The van der Waals surface area contributed by atoms with Crippen LogP contribution in [0.3, 0.4) is 0 Å². The van der Waals surface area contributed by atoms with Crippen LogP contribution in [0.2, 0.25) is 5.02 Å². The third-order valence-electron chi connectivity index (χ3n) is 6.70. The quantitative estimate of drug-likeness (QED) is 0.214. The second kappa shape index (κ2) is 11.5. The summed E-state index contributed by atoms with van der Waals surface area (Å²) in [7, 11) is 3.12. The number of nitrogens with zero attached hydrogens (tertiary/aromatic N) is 2. The number of amides is 1. The van der Waals surface area contributed by atoms with Gasteiger partial charge >= 0.3 is 0 Å². The Balaban J connectivity index is 1.61. The molecule has 9 heteroatoms. The highest BCUT2D eigenvalue weighted by Crippen LogP contribution is 2.31. The summed E-state index contributed by atoms with van der Waals surface area (Å²) >= 11 is 7.79. The van der Waals surface area contributed by atoms with Crippen molar-refractivity contribution in [2.75, 3.05) is 14.2 Å². The predicted molar refractivity (Wildman–Crippen MR) is 151 cm³/mol. The van der Waals surface area contributed by atoms with E-state index in [4.69, 9.17) is 26.1 Å². The second-order valence-corrected chi connectivity index (χ2v) is 10.5. The largest absolute Gasteiger partial charge is 0.497 e. The number of hydrogen-bond donors (Lipinski definition) is 1. The van der Waals surface area contributed by atoms with Crippen LogP contribution >= 0.6 is 23.4 Å². The van der Waals surface area contributed by atoms with E-state index < -0.39 is 0 Å². The fraction of sp³-hybridized carbons (Fsp3) is 0.276. The van der Waals surface area contributed by atoms with Crippen molar-refractivity contribution in [2.24, 2.45) is 0 Å². The average Bonchev–Trinajstić information content (AvgIpc) is 3.45. The summed E-state index contributed by atoms with van der Waals surface area (Å²) in [5.74, 6) is 1.45. The van der Waals surface area contributed by atoms with E-state index in [1.807, 2.05) is 24.3 Å². The molecule has 1 aromatic heterocycles. The summed E-state index contributed by atoms with van der Waals surface area (Å²) in [6.07, 6.45) is 4.25. The lowest BCUT2D eigenvalue weighted by Crippen LogP contribution is -2.32. The normalized spacial score (nSPS) is 13.6. The first kappa shape index (κ1) is 26.1. The molecule has 1 N–H and O–H groups in total. The molecule has 0 aliphatic heterocycles. The van der Waals surface area contributed by atoms with Crippen LogP contribution in [0.15, 0.2) is 70.6 Å². The molecule has 1 amide bonds. The lowest BCUT2D eigenvalue weighted by Gasteiger charge is -2.16. The number of ether oxygens (including phenoxy) is 2. The monoisotopic (exact) mass is 549 g/mol. The number of hydrogen-bond acceptors (Lipinski definition) is 6. The number of halogens is 1. The fourth-order valence-electron chi connectivity index (χ4n) is 4.65. The Bertz CT molecular complexity index is 1530. The zero-order valence-corrected chi connectivity index (χ0v) is 22.8. The zero-order valence-electron chi connectivity index (χ0n) is 21.2. The minimum atomic E-state index is -0.255. The number of benzene rings is 3. The van der Waals surface area contributed by atoms with Crippen molar-refractivity contribution in [1.29, 1.82) is 0 Å². The van der Waals surface area contributed by atoms with Crippen molar-refractivity contribution < 1.29 is 14.3 Å². The minimum Gasteiger partial charge on any atom is -0.497 e. The molecule has 0 spiro atoms. The van der Waals surface area contributed by atoms with E-state index in [9.17, 15) is 9.59 Å². The lowest BCUT2D eigenvalue weighted by atomic mass is 10.1. The molecule has 1 heterocycles. The Morgan fingerprint density at radius 3 is 2.45 bits per heavy atom. The highest BCUT2D eigenvalue weighted by Gasteiger charge is 2.20. The van der Waals surface area contributed by atoms with Gasteiger partial charge in [-0.1, -0.05) is 54.4 Å². The Kier molecular flexibility index (Phi) is 7.90. The van der Waals surface area contributed by atoms with Gasteiger partial charge in [-0.2, -0.15) is 0 Å². The van der Waals surface area contributed by atoms with Crippen LogP contribution in [0.5, 0.6) is 11.5 Å². The van der Waals surface area contributed by atoms with Crippen LogP contribution in [0.1, 0.15) is 41.6 Å². The van der Waals surface area contributed by atoms with E-state index in [-0.39, 0.29) is 17.5 Å². The molecule has 38 heavy (non-hydrogen) atoms. The number of carbonyl (C=O) groups excluding carboxylic acids is 1. The molecule has 0 radical (unpaired) electrons. The van der Waals surface area contributed by atoms with Crippen molar-refractivity contribution in [3.05, 3.63) is 87.2 Å². The van der Waals surface area contributed by atoms with Gasteiger partial charge in [-0.3, -0.25) is 14.2 Å². The van der Waals surface area contributed by atoms with Gasteiger partial charge in [-0.05, 0) is 42.7 Å². The molecule has 1 aliphatic rings. The molecular formula is C29H28ClN3O4S. The van der Waals surface area contributed by atoms with Gasteiger partial charge in [0.1, 0.15) is 11.5 Å². The number of aromatic nitrogens is 2. The van der Waals surface area contributed by atoms with Crippen LogP contribution in [0, 0.1) is 0 Å². The molecular weight excluding hydrogens is 522 g/mol. The summed E-state index contributed by atoms with van der Waals surface area (Å²) in [5, 5.41) is 4.62. The average molecular weight is 550 g/mol. The van der Waals surface area contributed by atoms with E-state index in [1.165, 1.54) is 11.8 Å². The van der Waals surface area contributed by atoms with Gasteiger partial charge in [0.2, 0.25) is 0 Å². The van der Waals surface area contributed by atoms with Crippen LogP contribution in [0.4, 0.5) is 0 Å². The second-order valence-electron chi connectivity index (χ2n) is 9.17. The number of nitrogens with one attached hydrogen (secondary N) is 1. The van der Waals surface area contributed by atoms with Gasteiger partial charge in [0, 0.05) is 40.6 Å². The number of carbonyl (C=O) groups is 1. The third-order valence-corrected chi connectivity index (χ3v) is 8.06. The number of fused-ring (bicyclic) bond motifs is 1. The molecule has 0 unspecified atom stereocenters. The Morgan fingerprint density at radius 2 is 1.76 bits per heavy atom. The van der Waals surface area contributed by atoms with Crippen molar-refractivity contribution in [2.45, 2.75) is 42.6 Å². The standard InChI is InChI=1S/C29H28ClN3O4S/c1-36-22-14-21(15-23(16-22)37-2)33-28(35)24-12-11-18(27(34)31-20-8-4-5-9-20)13-26(24)32-29(33)38-17-19-7-3-6-10-25(19)30/h3,6-7,10-16,20H,4-5,8-9,17H2,1-2H3,(H,31,34). The maximum atomic E-state index is 13.9. The van der Waals surface area contributed by atoms with E-state index in [0.29, 0.717) is 49.6 Å². The molecule has 7 nitrogen and oxygen atoms in total. The summed E-state index contributed by atoms with van der Waals surface area (Å²) < 4.78 is 12.4. The molecule has 0 bridgehead atoms. The first-order valence-corrected chi connectivity index (χ1v) is 13.8. The van der Waals surface area contributed by atoms with E-state index in [2.05, 4.69) is 5.32 Å². The smallest absolute Gasteiger partial charge is 0.266 e. The molecule has 4 aromatic rings. The maximum Gasteiger partial charge on any atom is 0.266 e. The topological polar surface area (TPSA) is 82.4 Å². The van der Waals surface area contributed by atoms with Gasteiger partial charge in [0.15, 0.2) is 5.16 Å². The molecule has 196 valence electrons. The Morgan fingerprint density at radius 1 is 1.05 bits per heavy atom. The van der Waals surface area contributed by atoms with Crippen LogP contribution < -0.4 is 20.3 Å². The first-order valence-electron chi connectivity index (χ1n) is 12.4. The van der Waals surface area contributed by atoms with E-state index in [1.54, 1.807) is 55.2 Å². The van der Waals surface area contributed by atoms with Crippen LogP contribution in [-0.4, -0.2) is 35.7 Å². The van der Waals surface area contributed by atoms with Gasteiger partial charge in [-0.25, -0.2) is 4.98 Å². The number of methoxy groups -OCH3 is 2. The highest BCUT2D eigenvalue weighted by molar-refractivity contribution is 7.98. The van der Waals surface area contributed by atoms with Crippen molar-refractivity contribution in [1.82, 2.24) is 14.9 Å². The highest BCUT2D eigenvalue weighted by atomic mass is 35.5. The van der Waals surface area contributed by atoms with Crippen LogP contribution in [0.25, 0.3) is 16.6 Å². The molecule has 1 fully saturated rings. The minimum absolute atomic E-state index is 0.146. The van der Waals surface area contributed by atoms with Gasteiger partial charge in [-0.15, -0.1) is 0 Å². The molecule has 3 aromatic carbocycles. The first-order chi connectivity index (χ1) is 18.5. The Hall–Kier alpha value is -3.49. The van der Waals surface area contributed by atoms with Crippen molar-refractivity contribution >= 4 is 40.2 Å². The van der Waals surface area contributed by atoms with Crippen molar-refractivity contribution in [3.63, 3.8) is 0 Å². The third kappa shape index (κ3) is 5.51.